The molecule has 1 amide bonds. The zero-order valence-electron chi connectivity index (χ0n) is 21.2. The van der Waals surface area contributed by atoms with E-state index in [1.807, 2.05) is 55.5 Å². The molecule has 37 heavy (non-hydrogen) atoms. The van der Waals surface area contributed by atoms with Crippen molar-refractivity contribution in [3.63, 3.8) is 0 Å². The summed E-state index contributed by atoms with van der Waals surface area (Å²) < 4.78 is 5.31. The molecule has 1 aliphatic rings. The van der Waals surface area contributed by atoms with Gasteiger partial charge in [-0.15, -0.1) is 23.1 Å². The molecule has 3 N–H and O–H groups in total. The largest absolute Gasteiger partial charge is 0.462 e. The molecule has 6 nitrogen and oxygen atoms in total. The van der Waals surface area contributed by atoms with Crippen molar-refractivity contribution in [2.24, 2.45) is 5.92 Å². The van der Waals surface area contributed by atoms with Crippen LogP contribution in [0.25, 0.3) is 0 Å². The minimum Gasteiger partial charge on any atom is -0.462 e. The predicted octanol–water partition coefficient (Wildman–Crippen LogP) is 6.90. The van der Waals surface area contributed by atoms with E-state index >= 15 is 0 Å². The molecule has 194 valence electrons. The number of carbonyl (C=O) groups excluding carboxylic acids is 2. The van der Waals surface area contributed by atoms with E-state index in [1.54, 1.807) is 6.92 Å². The van der Waals surface area contributed by atoms with Crippen LogP contribution in [0.4, 0.5) is 16.4 Å². The van der Waals surface area contributed by atoms with Gasteiger partial charge >= 0.3 is 5.97 Å². The number of carbonyl (C=O) groups is 2. The van der Waals surface area contributed by atoms with Crippen molar-refractivity contribution in [3.8, 4) is 0 Å². The summed E-state index contributed by atoms with van der Waals surface area (Å²) in [7, 11) is 0. The van der Waals surface area contributed by atoms with Crippen LogP contribution in [0.5, 0.6) is 0 Å². The van der Waals surface area contributed by atoms with E-state index in [0.29, 0.717) is 28.2 Å². The van der Waals surface area contributed by atoms with Crippen LogP contribution in [-0.2, 0) is 22.4 Å². The van der Waals surface area contributed by atoms with Gasteiger partial charge in [0, 0.05) is 21.1 Å². The predicted molar refractivity (Wildman–Crippen MR) is 158 cm³/mol. The minimum atomic E-state index is -0.355. The van der Waals surface area contributed by atoms with E-state index in [1.165, 1.54) is 33.5 Å². The van der Waals surface area contributed by atoms with Crippen molar-refractivity contribution in [2.75, 3.05) is 28.3 Å². The Morgan fingerprint density at radius 1 is 1.11 bits per heavy atom. The Bertz CT molecular complexity index is 1290. The Morgan fingerprint density at radius 3 is 2.62 bits per heavy atom. The van der Waals surface area contributed by atoms with Crippen molar-refractivity contribution in [3.05, 3.63) is 70.1 Å². The van der Waals surface area contributed by atoms with E-state index in [9.17, 15) is 9.59 Å². The summed E-state index contributed by atoms with van der Waals surface area (Å²) in [6, 6.07) is 15.8. The van der Waals surface area contributed by atoms with Crippen LogP contribution in [0.1, 0.15) is 46.6 Å². The van der Waals surface area contributed by atoms with Gasteiger partial charge in [-0.25, -0.2) is 4.79 Å². The standard InChI is InChI=1S/C28H31N3O3S3/c1-4-34-27(33)25-22-13-10-18(3)14-23(22)37-26(25)31-24(32)16-36-21-7-5-6-20(15-21)30-28(35)29-19-11-8-17(2)9-12-19/h5-9,11-12,15,18H,4,10,13-14,16H2,1-3H3,(H,31,32)(H2,29,30,35). The molecule has 1 heterocycles. The summed E-state index contributed by atoms with van der Waals surface area (Å²) in [5.74, 6) is 0.279. The molecule has 0 saturated carbocycles. The lowest BCUT2D eigenvalue weighted by Crippen LogP contribution is -2.19. The molecule has 1 aromatic heterocycles. The fourth-order valence-electron chi connectivity index (χ4n) is 4.16. The molecule has 1 atom stereocenters. The highest BCUT2D eigenvalue weighted by Crippen LogP contribution is 2.40. The maximum Gasteiger partial charge on any atom is 0.341 e. The van der Waals surface area contributed by atoms with Crippen molar-refractivity contribution in [1.29, 1.82) is 0 Å². The van der Waals surface area contributed by atoms with Gasteiger partial charge in [-0.1, -0.05) is 30.7 Å². The third kappa shape index (κ3) is 7.34. The maximum absolute atomic E-state index is 12.9. The summed E-state index contributed by atoms with van der Waals surface area (Å²) in [5, 5.41) is 10.4. The molecule has 3 aromatic rings. The number of hydrogen-bond acceptors (Lipinski definition) is 6. The van der Waals surface area contributed by atoms with Gasteiger partial charge in [0.05, 0.1) is 17.9 Å². The number of benzene rings is 2. The van der Waals surface area contributed by atoms with Crippen LogP contribution in [0.15, 0.2) is 53.4 Å². The molecular weight excluding hydrogens is 523 g/mol. The third-order valence-electron chi connectivity index (χ3n) is 6.02. The quantitative estimate of drug-likeness (QED) is 0.159. The van der Waals surface area contributed by atoms with Gasteiger partial charge in [-0.2, -0.15) is 0 Å². The number of anilines is 3. The number of esters is 1. The number of thiocarbonyl (C=S) groups is 1. The van der Waals surface area contributed by atoms with E-state index < -0.39 is 0 Å². The molecule has 0 aliphatic heterocycles. The molecule has 4 rings (SSSR count). The van der Waals surface area contributed by atoms with Crippen molar-refractivity contribution < 1.29 is 14.3 Å². The third-order valence-corrected chi connectivity index (χ3v) is 8.38. The number of thiophene rings is 1. The second-order valence-corrected chi connectivity index (χ2v) is 11.6. The average Bonchev–Trinajstić information content (AvgIpc) is 3.21. The second kappa shape index (κ2) is 12.6. The van der Waals surface area contributed by atoms with Gasteiger partial charge in [0.1, 0.15) is 5.00 Å². The summed E-state index contributed by atoms with van der Waals surface area (Å²) in [4.78, 5) is 27.7. The second-order valence-electron chi connectivity index (χ2n) is 9.09. The maximum atomic E-state index is 12.9. The number of thioether (sulfide) groups is 1. The number of ether oxygens (including phenoxy) is 1. The van der Waals surface area contributed by atoms with Crippen molar-refractivity contribution >= 4 is 68.7 Å². The van der Waals surface area contributed by atoms with E-state index in [4.69, 9.17) is 17.0 Å². The molecule has 2 aromatic carbocycles. The fraction of sp³-hybridized carbons (Fsp3) is 0.321. The molecule has 1 aliphatic carbocycles. The lowest BCUT2D eigenvalue weighted by atomic mass is 9.88. The first-order valence-electron chi connectivity index (χ1n) is 12.3. The van der Waals surface area contributed by atoms with Crippen LogP contribution in [0.2, 0.25) is 0 Å². The zero-order chi connectivity index (χ0) is 26.4. The SMILES string of the molecule is CCOC(=O)c1c(NC(=O)CSc2cccc(NC(=S)Nc3ccc(C)cc3)c2)sc2c1CCC(C)C2. The van der Waals surface area contributed by atoms with Crippen molar-refractivity contribution in [1.82, 2.24) is 0 Å². The van der Waals surface area contributed by atoms with Crippen LogP contribution >= 0.6 is 35.3 Å². The normalized spacial score (nSPS) is 14.4. The van der Waals surface area contributed by atoms with Crippen LogP contribution < -0.4 is 16.0 Å². The Hall–Kier alpha value is -2.88. The molecule has 0 fully saturated rings. The zero-order valence-corrected chi connectivity index (χ0v) is 23.6. The Kier molecular flexibility index (Phi) is 9.23. The Balaban J connectivity index is 1.36. The van der Waals surface area contributed by atoms with E-state index in [-0.39, 0.29) is 17.6 Å². The fourth-order valence-corrected chi connectivity index (χ4v) is 6.57. The number of amides is 1. The van der Waals surface area contributed by atoms with Gasteiger partial charge in [-0.05, 0) is 87.1 Å². The summed E-state index contributed by atoms with van der Waals surface area (Å²) in [5.41, 5.74) is 4.51. The van der Waals surface area contributed by atoms with E-state index in [2.05, 4.69) is 22.9 Å². The van der Waals surface area contributed by atoms with Gasteiger partial charge in [0.25, 0.3) is 0 Å². The first-order valence-corrected chi connectivity index (χ1v) is 14.5. The molecule has 0 saturated heterocycles. The molecule has 1 unspecified atom stereocenters. The number of nitrogens with one attached hydrogen (secondary N) is 3. The van der Waals surface area contributed by atoms with Gasteiger partial charge < -0.3 is 20.7 Å². The number of hydrogen-bond donors (Lipinski definition) is 3. The van der Waals surface area contributed by atoms with Gasteiger partial charge in [0.2, 0.25) is 5.91 Å². The highest BCUT2D eigenvalue weighted by Gasteiger charge is 2.29. The minimum absolute atomic E-state index is 0.155. The highest BCUT2D eigenvalue weighted by atomic mass is 32.2. The van der Waals surface area contributed by atoms with Gasteiger partial charge in [0.15, 0.2) is 5.11 Å². The molecule has 0 radical (unpaired) electrons. The lowest BCUT2D eigenvalue weighted by Gasteiger charge is -2.18. The molecular formula is C28H31N3O3S3. The Labute approximate surface area is 231 Å². The Morgan fingerprint density at radius 2 is 1.86 bits per heavy atom. The molecule has 9 heteroatoms. The first kappa shape index (κ1) is 27.2. The van der Waals surface area contributed by atoms with E-state index in [0.717, 1.165) is 41.1 Å². The summed E-state index contributed by atoms with van der Waals surface area (Å²) in [6.45, 7) is 6.35. The first-order chi connectivity index (χ1) is 17.8. The van der Waals surface area contributed by atoms with Crippen LogP contribution in [0.3, 0.4) is 0 Å². The van der Waals surface area contributed by atoms with Crippen molar-refractivity contribution in [2.45, 2.75) is 44.9 Å². The summed E-state index contributed by atoms with van der Waals surface area (Å²) >= 11 is 8.37. The average molecular weight is 554 g/mol. The number of rotatable bonds is 8. The number of fused-ring (bicyclic) bond motifs is 1. The monoisotopic (exact) mass is 553 g/mol. The highest BCUT2D eigenvalue weighted by molar-refractivity contribution is 8.00. The smallest absolute Gasteiger partial charge is 0.341 e. The lowest BCUT2D eigenvalue weighted by molar-refractivity contribution is -0.113. The summed E-state index contributed by atoms with van der Waals surface area (Å²) in [6.07, 6.45) is 2.80. The van der Waals surface area contributed by atoms with Gasteiger partial charge in [-0.3, -0.25) is 4.79 Å². The topological polar surface area (TPSA) is 79.5 Å². The molecule has 0 spiro atoms. The van der Waals surface area contributed by atoms with Crippen LogP contribution in [0, 0.1) is 12.8 Å². The molecule has 0 bridgehead atoms. The van der Waals surface area contributed by atoms with Crippen LogP contribution in [-0.4, -0.2) is 29.3 Å². The number of aryl methyl sites for hydroxylation is 1.